The van der Waals surface area contributed by atoms with Crippen molar-refractivity contribution in [1.82, 2.24) is 0 Å². The Labute approximate surface area is 122 Å². The zero-order valence-electron chi connectivity index (χ0n) is 13.0. The predicted molar refractivity (Wildman–Crippen MR) is 79.7 cm³/mol. The fraction of sp³-hybridized carbons (Fsp3) is 1.00. The standard InChI is InChI=1S/C13H30NO5P/c1-4-6-9-18-20(15,19-10-7-5-2)12-17-13(3)16-11-8-14/h13H,4-12,14H2,1-3H3. The summed E-state index contributed by atoms with van der Waals surface area (Å²) < 4.78 is 33.9. The molecule has 0 amide bonds. The van der Waals surface area contributed by atoms with Gasteiger partial charge in [-0.15, -0.1) is 0 Å². The Kier molecular flexibility index (Phi) is 12.8. The van der Waals surface area contributed by atoms with Crippen molar-refractivity contribution in [3.05, 3.63) is 0 Å². The second-order valence-electron chi connectivity index (χ2n) is 4.51. The number of hydrogen-bond acceptors (Lipinski definition) is 6. The lowest BCUT2D eigenvalue weighted by Crippen LogP contribution is -2.19. The van der Waals surface area contributed by atoms with E-state index in [1.54, 1.807) is 6.92 Å². The fourth-order valence-corrected chi connectivity index (χ4v) is 2.72. The first-order valence-electron chi connectivity index (χ1n) is 7.39. The summed E-state index contributed by atoms with van der Waals surface area (Å²) in [4.78, 5) is 0. The number of ether oxygens (including phenoxy) is 2. The van der Waals surface area contributed by atoms with Gasteiger partial charge in [0.2, 0.25) is 0 Å². The lowest BCUT2D eigenvalue weighted by Gasteiger charge is -2.21. The number of unbranched alkanes of at least 4 members (excludes halogenated alkanes) is 2. The van der Waals surface area contributed by atoms with Gasteiger partial charge in [-0.3, -0.25) is 4.57 Å². The number of rotatable bonds is 14. The molecule has 2 N–H and O–H groups in total. The van der Waals surface area contributed by atoms with E-state index in [-0.39, 0.29) is 6.35 Å². The minimum Gasteiger partial charge on any atom is -0.352 e. The molecule has 0 aliphatic rings. The molecule has 0 bridgehead atoms. The largest absolute Gasteiger partial charge is 0.356 e. The molecule has 0 saturated carbocycles. The van der Waals surface area contributed by atoms with E-state index in [1.165, 1.54) is 0 Å². The van der Waals surface area contributed by atoms with Crippen LogP contribution in [-0.4, -0.2) is 39.0 Å². The zero-order chi connectivity index (χ0) is 15.3. The van der Waals surface area contributed by atoms with E-state index in [0.717, 1.165) is 25.7 Å². The van der Waals surface area contributed by atoms with Crippen LogP contribution in [0.25, 0.3) is 0 Å². The SMILES string of the molecule is CCCCOP(=O)(COC(C)OCCN)OCCCC. The second kappa shape index (κ2) is 12.7. The quantitative estimate of drug-likeness (QED) is 0.302. The van der Waals surface area contributed by atoms with Crippen molar-refractivity contribution in [3.63, 3.8) is 0 Å². The third-order valence-corrected chi connectivity index (χ3v) is 4.13. The van der Waals surface area contributed by atoms with Crippen LogP contribution in [0.3, 0.4) is 0 Å². The Morgan fingerprint density at radius 1 is 1.00 bits per heavy atom. The van der Waals surface area contributed by atoms with E-state index in [0.29, 0.717) is 26.4 Å². The third-order valence-electron chi connectivity index (χ3n) is 2.51. The fourth-order valence-electron chi connectivity index (χ4n) is 1.29. The lowest BCUT2D eigenvalue weighted by atomic mass is 10.4. The molecule has 20 heavy (non-hydrogen) atoms. The van der Waals surface area contributed by atoms with Crippen LogP contribution in [0.15, 0.2) is 0 Å². The molecule has 0 aromatic carbocycles. The molecule has 7 heteroatoms. The molecular weight excluding hydrogens is 281 g/mol. The van der Waals surface area contributed by atoms with E-state index in [2.05, 4.69) is 0 Å². The maximum absolute atomic E-state index is 12.5. The van der Waals surface area contributed by atoms with Crippen LogP contribution in [0.1, 0.15) is 46.5 Å². The van der Waals surface area contributed by atoms with Crippen molar-refractivity contribution < 1.29 is 23.1 Å². The Morgan fingerprint density at radius 2 is 1.55 bits per heavy atom. The molecule has 1 unspecified atom stereocenters. The van der Waals surface area contributed by atoms with Crippen molar-refractivity contribution >= 4 is 7.60 Å². The highest BCUT2D eigenvalue weighted by atomic mass is 31.2. The summed E-state index contributed by atoms with van der Waals surface area (Å²) >= 11 is 0. The maximum atomic E-state index is 12.5. The van der Waals surface area contributed by atoms with Gasteiger partial charge in [-0.2, -0.15) is 0 Å². The van der Waals surface area contributed by atoms with Gasteiger partial charge in [0.05, 0.1) is 19.8 Å². The molecule has 0 aromatic rings. The first-order valence-corrected chi connectivity index (χ1v) is 9.12. The molecule has 0 spiro atoms. The van der Waals surface area contributed by atoms with Crippen LogP contribution in [0, 0.1) is 0 Å². The number of hydrogen-bond donors (Lipinski definition) is 1. The van der Waals surface area contributed by atoms with E-state index in [1.807, 2.05) is 13.8 Å². The lowest BCUT2D eigenvalue weighted by molar-refractivity contribution is -0.118. The molecule has 0 fully saturated rings. The topological polar surface area (TPSA) is 80.0 Å². The Balaban J connectivity index is 4.17. The first-order chi connectivity index (χ1) is 9.58. The Bertz CT molecular complexity index is 251. The van der Waals surface area contributed by atoms with Crippen molar-refractivity contribution in [2.24, 2.45) is 5.73 Å². The second-order valence-corrected chi connectivity index (χ2v) is 6.50. The summed E-state index contributed by atoms with van der Waals surface area (Å²) in [6, 6.07) is 0. The Hall–Kier alpha value is 0.0300. The van der Waals surface area contributed by atoms with Gasteiger partial charge in [-0.1, -0.05) is 26.7 Å². The van der Waals surface area contributed by atoms with Crippen molar-refractivity contribution in [2.75, 3.05) is 32.7 Å². The van der Waals surface area contributed by atoms with Crippen LogP contribution in [-0.2, 0) is 23.1 Å². The van der Waals surface area contributed by atoms with Crippen LogP contribution in [0.2, 0.25) is 0 Å². The molecule has 0 radical (unpaired) electrons. The van der Waals surface area contributed by atoms with Crippen LogP contribution in [0.5, 0.6) is 0 Å². The smallest absolute Gasteiger partial charge is 0.352 e. The summed E-state index contributed by atoms with van der Waals surface area (Å²) in [6.45, 7) is 7.49. The van der Waals surface area contributed by atoms with Crippen molar-refractivity contribution in [1.29, 1.82) is 0 Å². The monoisotopic (exact) mass is 311 g/mol. The summed E-state index contributed by atoms with van der Waals surface area (Å²) in [7, 11) is -3.20. The highest BCUT2D eigenvalue weighted by Gasteiger charge is 2.26. The van der Waals surface area contributed by atoms with Crippen molar-refractivity contribution in [3.8, 4) is 0 Å². The van der Waals surface area contributed by atoms with Gasteiger partial charge in [0.25, 0.3) is 0 Å². The van der Waals surface area contributed by atoms with Crippen molar-refractivity contribution in [2.45, 2.75) is 52.7 Å². The average Bonchev–Trinajstić information content (AvgIpc) is 2.44. The van der Waals surface area contributed by atoms with Gasteiger partial charge in [-0.05, 0) is 19.8 Å². The predicted octanol–water partition coefficient (Wildman–Crippen LogP) is 3.11. The molecule has 6 nitrogen and oxygen atoms in total. The normalized spacial score (nSPS) is 13.6. The van der Waals surface area contributed by atoms with Gasteiger partial charge < -0.3 is 24.3 Å². The molecule has 0 aromatic heterocycles. The summed E-state index contributed by atoms with van der Waals surface area (Å²) in [5.41, 5.74) is 5.34. The van der Waals surface area contributed by atoms with E-state index in [9.17, 15) is 4.57 Å². The van der Waals surface area contributed by atoms with Crippen LogP contribution >= 0.6 is 7.60 Å². The summed E-state index contributed by atoms with van der Waals surface area (Å²) in [5, 5.41) is 0. The molecule has 1 atom stereocenters. The molecule has 122 valence electrons. The minimum atomic E-state index is -3.20. The maximum Gasteiger partial charge on any atom is 0.356 e. The molecule has 0 aliphatic heterocycles. The zero-order valence-corrected chi connectivity index (χ0v) is 13.9. The summed E-state index contributed by atoms with van der Waals surface area (Å²) in [5.74, 6) is 0. The highest BCUT2D eigenvalue weighted by Crippen LogP contribution is 2.48. The van der Waals surface area contributed by atoms with E-state index < -0.39 is 13.9 Å². The van der Waals surface area contributed by atoms with Gasteiger partial charge in [0.1, 0.15) is 0 Å². The third kappa shape index (κ3) is 10.8. The average molecular weight is 311 g/mol. The van der Waals surface area contributed by atoms with Crippen LogP contribution in [0.4, 0.5) is 0 Å². The molecule has 0 saturated heterocycles. The molecule has 0 rings (SSSR count). The van der Waals surface area contributed by atoms with Gasteiger partial charge in [0, 0.05) is 6.54 Å². The molecule has 0 heterocycles. The van der Waals surface area contributed by atoms with Gasteiger partial charge in [0.15, 0.2) is 12.6 Å². The Morgan fingerprint density at radius 3 is 2.00 bits per heavy atom. The van der Waals surface area contributed by atoms with Gasteiger partial charge >= 0.3 is 7.60 Å². The molecular formula is C13H30NO5P. The number of nitrogens with two attached hydrogens (primary N) is 1. The van der Waals surface area contributed by atoms with Crippen LogP contribution < -0.4 is 5.73 Å². The van der Waals surface area contributed by atoms with Gasteiger partial charge in [-0.25, -0.2) is 0 Å². The first kappa shape index (κ1) is 20.0. The summed E-state index contributed by atoms with van der Waals surface area (Å²) in [6.07, 6.45) is 3.08. The highest BCUT2D eigenvalue weighted by molar-refractivity contribution is 7.53. The van der Waals surface area contributed by atoms with E-state index >= 15 is 0 Å². The minimum absolute atomic E-state index is 0.0911. The van der Waals surface area contributed by atoms with E-state index in [4.69, 9.17) is 24.3 Å². The molecule has 0 aliphatic carbocycles.